The van der Waals surface area contributed by atoms with Crippen LogP contribution in [0.3, 0.4) is 0 Å². The van der Waals surface area contributed by atoms with Gasteiger partial charge in [-0.1, -0.05) is 38.1 Å². The van der Waals surface area contributed by atoms with Gasteiger partial charge in [-0.05, 0) is 49.6 Å². The van der Waals surface area contributed by atoms with Crippen LogP contribution in [0.5, 0.6) is 0 Å². The number of nitrogens with one attached hydrogen (secondary N) is 2. The van der Waals surface area contributed by atoms with Crippen LogP contribution < -0.4 is 10.6 Å². The number of aryl methyl sites for hydroxylation is 1. The molecule has 1 aliphatic carbocycles. The van der Waals surface area contributed by atoms with E-state index in [-0.39, 0.29) is 23.7 Å². The van der Waals surface area contributed by atoms with Gasteiger partial charge in [-0.3, -0.25) is 9.59 Å². The Balaban J connectivity index is 1.60. The highest BCUT2D eigenvalue weighted by molar-refractivity contribution is 6.05. The lowest BCUT2D eigenvalue weighted by Crippen LogP contribution is -2.18. The molecule has 1 saturated carbocycles. The van der Waals surface area contributed by atoms with E-state index in [0.717, 1.165) is 24.0 Å². The minimum absolute atomic E-state index is 0.0730. The summed E-state index contributed by atoms with van der Waals surface area (Å²) in [6.45, 7) is 5.57. The van der Waals surface area contributed by atoms with Crippen molar-refractivity contribution in [1.29, 1.82) is 0 Å². The Labute approximate surface area is 175 Å². The summed E-state index contributed by atoms with van der Waals surface area (Å²) >= 11 is 0. The maximum atomic E-state index is 13.1. The molecule has 1 aliphatic rings. The average molecular weight is 403 g/mol. The van der Waals surface area contributed by atoms with Gasteiger partial charge in [0.1, 0.15) is 5.76 Å². The fourth-order valence-corrected chi connectivity index (χ4v) is 3.12. The largest absolute Gasteiger partial charge is 0.440 e. The minimum atomic E-state index is -0.307. The number of amides is 2. The van der Waals surface area contributed by atoms with E-state index in [0.29, 0.717) is 28.7 Å². The first-order valence-electron chi connectivity index (χ1n) is 10.2. The molecule has 154 valence electrons. The molecule has 30 heavy (non-hydrogen) atoms. The summed E-state index contributed by atoms with van der Waals surface area (Å²) in [6, 6.07) is 15.0. The number of hydrogen-bond acceptors (Lipinski definition) is 4. The first-order valence-corrected chi connectivity index (χ1v) is 10.2. The second-order valence-electron chi connectivity index (χ2n) is 8.00. The van der Waals surface area contributed by atoms with Gasteiger partial charge in [-0.25, -0.2) is 4.98 Å². The van der Waals surface area contributed by atoms with E-state index in [9.17, 15) is 9.59 Å². The number of aromatic nitrogens is 1. The fourth-order valence-electron chi connectivity index (χ4n) is 3.12. The molecule has 4 rings (SSSR count). The Hall–Kier alpha value is -3.41. The van der Waals surface area contributed by atoms with Crippen molar-refractivity contribution in [2.75, 3.05) is 10.6 Å². The molecule has 0 radical (unpaired) electrons. The third-order valence-corrected chi connectivity index (χ3v) is 5.12. The van der Waals surface area contributed by atoms with Crippen LogP contribution in [0.2, 0.25) is 0 Å². The Bertz CT molecular complexity index is 1080. The molecule has 3 aromatic rings. The zero-order valence-corrected chi connectivity index (χ0v) is 17.4. The number of anilines is 2. The van der Waals surface area contributed by atoms with Crippen molar-refractivity contribution >= 4 is 23.2 Å². The van der Waals surface area contributed by atoms with E-state index >= 15 is 0 Å². The van der Waals surface area contributed by atoms with E-state index in [4.69, 9.17) is 4.42 Å². The predicted octanol–water partition coefficient (Wildman–Crippen LogP) is 5.37. The van der Waals surface area contributed by atoms with Crippen molar-refractivity contribution in [2.45, 2.75) is 39.5 Å². The lowest BCUT2D eigenvalue weighted by atomic mass is 10.1. The maximum absolute atomic E-state index is 13.1. The quantitative estimate of drug-likeness (QED) is 0.579. The van der Waals surface area contributed by atoms with Crippen LogP contribution in [0, 0.1) is 12.8 Å². The van der Waals surface area contributed by atoms with Crippen molar-refractivity contribution in [2.24, 2.45) is 5.92 Å². The second-order valence-corrected chi connectivity index (χ2v) is 8.00. The summed E-state index contributed by atoms with van der Waals surface area (Å²) in [5.41, 5.74) is 3.33. The highest BCUT2D eigenvalue weighted by Crippen LogP contribution is 2.43. The molecule has 0 unspecified atom stereocenters. The van der Waals surface area contributed by atoms with E-state index in [1.54, 1.807) is 6.07 Å². The molecule has 0 atom stereocenters. The predicted molar refractivity (Wildman–Crippen MR) is 117 cm³/mol. The molecular formula is C24H25N3O3. The summed E-state index contributed by atoms with van der Waals surface area (Å²) in [4.78, 5) is 29.6. The van der Waals surface area contributed by atoms with E-state index in [1.807, 2.05) is 63.2 Å². The second kappa shape index (κ2) is 8.14. The van der Waals surface area contributed by atoms with Crippen LogP contribution in [0.25, 0.3) is 11.5 Å². The van der Waals surface area contributed by atoms with E-state index < -0.39 is 0 Å². The Morgan fingerprint density at radius 3 is 2.47 bits per heavy atom. The highest BCUT2D eigenvalue weighted by atomic mass is 16.4. The van der Waals surface area contributed by atoms with Crippen molar-refractivity contribution in [3.63, 3.8) is 0 Å². The van der Waals surface area contributed by atoms with Gasteiger partial charge in [-0.15, -0.1) is 0 Å². The summed E-state index contributed by atoms with van der Waals surface area (Å²) < 4.78 is 5.99. The number of carbonyl (C=O) groups is 2. The first kappa shape index (κ1) is 19.9. The Kier molecular flexibility index (Phi) is 5.40. The first-order chi connectivity index (χ1) is 14.4. The fraction of sp³-hybridized carbons (Fsp3) is 0.292. The zero-order valence-electron chi connectivity index (χ0n) is 17.4. The Morgan fingerprint density at radius 1 is 1.07 bits per heavy atom. The van der Waals surface area contributed by atoms with Crippen molar-refractivity contribution in [1.82, 2.24) is 4.98 Å². The van der Waals surface area contributed by atoms with Gasteiger partial charge in [0.15, 0.2) is 5.69 Å². The van der Waals surface area contributed by atoms with Crippen molar-refractivity contribution < 1.29 is 14.0 Å². The van der Waals surface area contributed by atoms with Crippen LogP contribution in [0.4, 0.5) is 11.4 Å². The Morgan fingerprint density at radius 2 is 1.80 bits per heavy atom. The van der Waals surface area contributed by atoms with Crippen LogP contribution in [-0.4, -0.2) is 16.8 Å². The van der Waals surface area contributed by atoms with Crippen LogP contribution in [-0.2, 0) is 4.79 Å². The molecule has 0 saturated heterocycles. The van der Waals surface area contributed by atoms with E-state index in [2.05, 4.69) is 15.6 Å². The lowest BCUT2D eigenvalue weighted by molar-refractivity contribution is -0.118. The standard InChI is InChI=1S/C24H25N3O3/c1-14(2)22(28)25-18-12-9-15(3)19(13-18)26-23(29)20-21(16-10-11-16)30-24(27-20)17-7-5-4-6-8-17/h4-9,12-14,16H,10-11H2,1-3H3,(H,25,28)(H,26,29). The third-order valence-electron chi connectivity index (χ3n) is 5.12. The molecule has 2 N–H and O–H groups in total. The number of oxazole rings is 1. The third kappa shape index (κ3) is 4.27. The topological polar surface area (TPSA) is 84.2 Å². The van der Waals surface area contributed by atoms with Crippen molar-refractivity contribution in [3.05, 3.63) is 65.5 Å². The molecule has 2 aromatic carbocycles. The molecule has 1 aromatic heterocycles. The summed E-state index contributed by atoms with van der Waals surface area (Å²) in [5, 5.41) is 5.81. The summed E-state index contributed by atoms with van der Waals surface area (Å²) in [7, 11) is 0. The number of rotatable bonds is 6. The SMILES string of the molecule is Cc1ccc(NC(=O)C(C)C)cc1NC(=O)c1nc(-c2ccccc2)oc1C1CC1. The highest BCUT2D eigenvalue weighted by Gasteiger charge is 2.34. The number of carbonyl (C=O) groups excluding carboxylic acids is 2. The molecular weight excluding hydrogens is 378 g/mol. The average Bonchev–Trinajstić information content (AvgIpc) is 3.48. The lowest BCUT2D eigenvalue weighted by Gasteiger charge is -2.12. The van der Waals surface area contributed by atoms with Gasteiger partial charge in [0.2, 0.25) is 11.8 Å². The number of benzene rings is 2. The van der Waals surface area contributed by atoms with Gasteiger partial charge in [0.25, 0.3) is 5.91 Å². The molecule has 0 bridgehead atoms. The maximum Gasteiger partial charge on any atom is 0.277 e. The number of nitrogens with zero attached hydrogens (tertiary/aromatic N) is 1. The van der Waals surface area contributed by atoms with Gasteiger partial charge >= 0.3 is 0 Å². The molecule has 2 amide bonds. The van der Waals surface area contributed by atoms with Crippen LogP contribution in [0.15, 0.2) is 52.9 Å². The van der Waals surface area contributed by atoms with E-state index in [1.165, 1.54) is 0 Å². The van der Waals surface area contributed by atoms with Gasteiger partial charge < -0.3 is 15.1 Å². The zero-order chi connectivity index (χ0) is 21.3. The minimum Gasteiger partial charge on any atom is -0.440 e. The van der Waals surface area contributed by atoms with Gasteiger partial charge in [0, 0.05) is 28.8 Å². The molecule has 6 heteroatoms. The van der Waals surface area contributed by atoms with Gasteiger partial charge in [0.05, 0.1) is 0 Å². The molecule has 0 spiro atoms. The summed E-state index contributed by atoms with van der Waals surface area (Å²) in [5.74, 6) is 0.838. The molecule has 1 heterocycles. The molecule has 6 nitrogen and oxygen atoms in total. The van der Waals surface area contributed by atoms with Gasteiger partial charge in [-0.2, -0.15) is 0 Å². The normalized spacial score (nSPS) is 13.3. The number of hydrogen-bond donors (Lipinski definition) is 2. The summed E-state index contributed by atoms with van der Waals surface area (Å²) in [6.07, 6.45) is 2.00. The van der Waals surface area contributed by atoms with Crippen molar-refractivity contribution in [3.8, 4) is 11.5 Å². The van der Waals surface area contributed by atoms with Crippen LogP contribution in [0.1, 0.15) is 54.4 Å². The van der Waals surface area contributed by atoms with Crippen LogP contribution >= 0.6 is 0 Å². The smallest absolute Gasteiger partial charge is 0.277 e. The molecule has 1 fully saturated rings. The monoisotopic (exact) mass is 403 g/mol. The molecule has 0 aliphatic heterocycles.